The van der Waals surface area contributed by atoms with Gasteiger partial charge in [-0.3, -0.25) is 4.72 Å². The summed E-state index contributed by atoms with van der Waals surface area (Å²) in [4.78, 5) is 11.9. The molecule has 0 atom stereocenters. The Morgan fingerprint density at radius 1 is 1.03 bits per heavy atom. The zero-order valence-electron chi connectivity index (χ0n) is 16.7. The van der Waals surface area contributed by atoms with Crippen LogP contribution in [0.15, 0.2) is 65.6 Å². The monoisotopic (exact) mass is 491 g/mol. The summed E-state index contributed by atoms with van der Waals surface area (Å²) in [6.45, 7) is 2.02. The second-order valence-electron chi connectivity index (χ2n) is 6.25. The zero-order chi connectivity index (χ0) is 23.1. The Morgan fingerprint density at radius 3 is 2.41 bits per heavy atom. The van der Waals surface area contributed by atoms with Gasteiger partial charge in [0.25, 0.3) is 10.0 Å². The molecule has 0 bridgehead atoms. The van der Waals surface area contributed by atoms with Gasteiger partial charge in [0.2, 0.25) is 0 Å². The average Bonchev–Trinajstić information content (AvgIpc) is 2.76. The lowest BCUT2D eigenvalue weighted by Gasteiger charge is -2.12. The maximum atomic E-state index is 12.5. The van der Waals surface area contributed by atoms with E-state index in [0.717, 1.165) is 0 Å². The van der Waals surface area contributed by atoms with Gasteiger partial charge in [0.15, 0.2) is 16.1 Å². The maximum absolute atomic E-state index is 12.5. The number of anilines is 3. The largest absolute Gasteiger partial charge is 0.462 e. The Hall–Kier alpha value is -3.28. The first-order valence-electron chi connectivity index (χ1n) is 9.24. The second kappa shape index (κ2) is 10.4. The molecule has 1 aromatic heterocycles. The maximum Gasteiger partial charge on any atom is 0.338 e. The van der Waals surface area contributed by atoms with Crippen molar-refractivity contribution in [2.45, 2.75) is 11.8 Å². The molecule has 2 aromatic carbocycles. The molecule has 0 amide bonds. The van der Waals surface area contributed by atoms with Gasteiger partial charge in [-0.2, -0.15) is 0 Å². The van der Waals surface area contributed by atoms with Crippen LogP contribution < -0.4 is 15.4 Å². The van der Waals surface area contributed by atoms with E-state index in [2.05, 4.69) is 25.6 Å². The summed E-state index contributed by atoms with van der Waals surface area (Å²) in [6.07, 6.45) is 0. The standard InChI is InChI=1S/C20H18ClN5O4S2/c1-2-30-19(27)13-4-3-5-15(12-13)23-20(31)22-14-6-8-16(9-7-14)32(28,29)26-18-11-10-17(21)24-25-18/h3-12H,2H2,1H3,(H,25,26)(H2,22,23,31). The number of hydrogen-bond acceptors (Lipinski definition) is 7. The Kier molecular flexibility index (Phi) is 7.57. The number of ether oxygens (including phenoxy) is 1. The molecule has 0 saturated carbocycles. The predicted molar refractivity (Wildman–Crippen MR) is 127 cm³/mol. The van der Waals surface area contributed by atoms with Crippen LogP contribution in [0, 0.1) is 0 Å². The molecule has 0 aliphatic heterocycles. The molecule has 166 valence electrons. The molecule has 3 N–H and O–H groups in total. The van der Waals surface area contributed by atoms with E-state index < -0.39 is 16.0 Å². The highest BCUT2D eigenvalue weighted by molar-refractivity contribution is 7.92. The summed E-state index contributed by atoms with van der Waals surface area (Å²) < 4.78 is 32.3. The van der Waals surface area contributed by atoms with Crippen LogP contribution in [0.5, 0.6) is 0 Å². The summed E-state index contributed by atoms with van der Waals surface area (Å²) in [5.74, 6) is -0.378. The van der Waals surface area contributed by atoms with Crippen molar-refractivity contribution in [3.05, 3.63) is 71.4 Å². The number of sulfonamides is 1. The van der Waals surface area contributed by atoms with Crippen molar-refractivity contribution in [3.8, 4) is 0 Å². The Morgan fingerprint density at radius 2 is 1.75 bits per heavy atom. The van der Waals surface area contributed by atoms with Gasteiger partial charge >= 0.3 is 5.97 Å². The van der Waals surface area contributed by atoms with Crippen molar-refractivity contribution in [2.24, 2.45) is 0 Å². The number of carbonyl (C=O) groups excluding carboxylic acids is 1. The van der Waals surface area contributed by atoms with Gasteiger partial charge in [-0.25, -0.2) is 13.2 Å². The first-order valence-corrected chi connectivity index (χ1v) is 11.5. The quantitative estimate of drug-likeness (QED) is 0.333. The molecular weight excluding hydrogens is 474 g/mol. The van der Waals surface area contributed by atoms with Crippen molar-refractivity contribution in [1.82, 2.24) is 10.2 Å². The highest BCUT2D eigenvalue weighted by Gasteiger charge is 2.15. The van der Waals surface area contributed by atoms with E-state index in [1.54, 1.807) is 43.3 Å². The van der Waals surface area contributed by atoms with Gasteiger partial charge in [-0.05, 0) is 73.7 Å². The van der Waals surface area contributed by atoms with E-state index in [1.165, 1.54) is 24.3 Å². The Balaban J connectivity index is 1.63. The van der Waals surface area contributed by atoms with Crippen LogP contribution >= 0.6 is 23.8 Å². The fraction of sp³-hybridized carbons (Fsp3) is 0.100. The van der Waals surface area contributed by atoms with Crippen LogP contribution in [0.1, 0.15) is 17.3 Å². The third-order valence-electron chi connectivity index (χ3n) is 3.92. The minimum atomic E-state index is -3.85. The first kappa shape index (κ1) is 23.4. The molecule has 0 unspecified atom stereocenters. The van der Waals surface area contributed by atoms with Crippen molar-refractivity contribution in [3.63, 3.8) is 0 Å². The minimum Gasteiger partial charge on any atom is -0.462 e. The zero-order valence-corrected chi connectivity index (χ0v) is 19.1. The number of carbonyl (C=O) groups is 1. The van der Waals surface area contributed by atoms with E-state index in [4.69, 9.17) is 28.6 Å². The third-order valence-corrected chi connectivity index (χ3v) is 5.70. The molecule has 0 fully saturated rings. The van der Waals surface area contributed by atoms with Crippen LogP contribution in [0.25, 0.3) is 0 Å². The summed E-state index contributed by atoms with van der Waals surface area (Å²) in [7, 11) is -3.85. The summed E-state index contributed by atoms with van der Waals surface area (Å²) >= 11 is 10.9. The van der Waals surface area contributed by atoms with Crippen LogP contribution in [0.2, 0.25) is 5.15 Å². The lowest BCUT2D eigenvalue weighted by atomic mass is 10.2. The lowest BCUT2D eigenvalue weighted by Crippen LogP contribution is -2.19. The topological polar surface area (TPSA) is 122 Å². The van der Waals surface area contributed by atoms with Gasteiger partial charge < -0.3 is 15.4 Å². The van der Waals surface area contributed by atoms with Gasteiger partial charge in [0.05, 0.1) is 17.1 Å². The molecule has 9 nitrogen and oxygen atoms in total. The van der Waals surface area contributed by atoms with Crippen LogP contribution in [0.4, 0.5) is 17.2 Å². The lowest BCUT2D eigenvalue weighted by molar-refractivity contribution is 0.0526. The normalized spacial score (nSPS) is 10.8. The van der Waals surface area contributed by atoms with E-state index in [1.807, 2.05) is 0 Å². The molecule has 32 heavy (non-hydrogen) atoms. The molecule has 12 heteroatoms. The Labute approximate surface area is 195 Å². The molecule has 0 saturated heterocycles. The van der Waals surface area contributed by atoms with Crippen LogP contribution in [0.3, 0.4) is 0 Å². The number of benzene rings is 2. The third kappa shape index (κ3) is 6.36. The smallest absolute Gasteiger partial charge is 0.338 e. The molecule has 3 rings (SSSR count). The number of thiocarbonyl (C=S) groups is 1. The highest BCUT2D eigenvalue weighted by Crippen LogP contribution is 2.18. The van der Waals surface area contributed by atoms with Crippen molar-refractivity contribution < 1.29 is 17.9 Å². The van der Waals surface area contributed by atoms with Crippen molar-refractivity contribution in [1.29, 1.82) is 0 Å². The van der Waals surface area contributed by atoms with Gasteiger partial charge in [0.1, 0.15) is 0 Å². The molecule has 0 aliphatic carbocycles. The summed E-state index contributed by atoms with van der Waals surface area (Å²) in [5, 5.41) is 13.6. The molecular formula is C20H18ClN5O4S2. The SMILES string of the molecule is CCOC(=O)c1cccc(NC(=S)Nc2ccc(S(=O)(=O)Nc3ccc(Cl)nn3)cc2)c1. The number of halogens is 1. The van der Waals surface area contributed by atoms with E-state index >= 15 is 0 Å². The number of aromatic nitrogens is 2. The van der Waals surface area contributed by atoms with E-state index in [9.17, 15) is 13.2 Å². The number of esters is 1. The average molecular weight is 492 g/mol. The van der Waals surface area contributed by atoms with Gasteiger partial charge in [-0.15, -0.1) is 10.2 Å². The molecule has 0 spiro atoms. The van der Waals surface area contributed by atoms with Crippen LogP contribution in [-0.2, 0) is 14.8 Å². The number of nitrogens with one attached hydrogen (secondary N) is 3. The Bertz CT molecular complexity index is 1220. The highest BCUT2D eigenvalue weighted by atomic mass is 35.5. The summed E-state index contributed by atoms with van der Waals surface area (Å²) in [5.41, 5.74) is 1.56. The fourth-order valence-corrected chi connectivity index (χ4v) is 3.85. The first-order chi connectivity index (χ1) is 15.3. The number of rotatable bonds is 7. The number of hydrogen-bond donors (Lipinski definition) is 3. The molecule has 0 aliphatic rings. The summed E-state index contributed by atoms with van der Waals surface area (Å²) in [6, 6.07) is 15.5. The molecule has 3 aromatic rings. The van der Waals surface area contributed by atoms with Gasteiger partial charge in [0, 0.05) is 11.4 Å². The van der Waals surface area contributed by atoms with Crippen molar-refractivity contribution in [2.75, 3.05) is 22.0 Å². The second-order valence-corrected chi connectivity index (χ2v) is 8.73. The van der Waals surface area contributed by atoms with Gasteiger partial charge in [-0.1, -0.05) is 17.7 Å². The van der Waals surface area contributed by atoms with Crippen LogP contribution in [-0.4, -0.2) is 36.3 Å². The number of nitrogens with zero attached hydrogens (tertiary/aromatic N) is 2. The van der Waals surface area contributed by atoms with Crippen molar-refractivity contribution >= 4 is 62.1 Å². The molecule has 1 heterocycles. The molecule has 0 radical (unpaired) electrons. The fourth-order valence-electron chi connectivity index (χ4n) is 2.52. The minimum absolute atomic E-state index is 0.0285. The predicted octanol–water partition coefficient (Wildman–Crippen LogP) is 3.92. The van der Waals surface area contributed by atoms with E-state index in [0.29, 0.717) is 16.9 Å². The van der Waals surface area contributed by atoms with E-state index in [-0.39, 0.29) is 27.6 Å².